The molecule has 1 aromatic heterocycles. The Morgan fingerprint density at radius 3 is 2.76 bits per heavy atom. The summed E-state index contributed by atoms with van der Waals surface area (Å²) >= 11 is 1.61. The van der Waals surface area contributed by atoms with E-state index in [1.807, 2.05) is 0 Å². The van der Waals surface area contributed by atoms with Gasteiger partial charge in [0.15, 0.2) is 0 Å². The molecule has 90 valence electrons. The normalized spacial score (nSPS) is 20.6. The molecule has 2 heterocycles. The lowest BCUT2D eigenvalue weighted by Gasteiger charge is -2.12. The average molecular weight is 247 g/mol. The summed E-state index contributed by atoms with van der Waals surface area (Å²) in [6.07, 6.45) is 6.16. The van der Waals surface area contributed by atoms with Gasteiger partial charge >= 0.3 is 0 Å². The first-order valence-corrected chi connectivity index (χ1v) is 7.30. The van der Waals surface area contributed by atoms with Crippen molar-refractivity contribution in [1.82, 2.24) is 9.88 Å². The molecule has 17 heavy (non-hydrogen) atoms. The van der Waals surface area contributed by atoms with E-state index >= 15 is 0 Å². The molecule has 0 atom stereocenters. The van der Waals surface area contributed by atoms with Gasteiger partial charge < -0.3 is 4.90 Å². The molecule has 1 saturated carbocycles. The smallest absolute Gasteiger partial charge is 0.128 e. The molecule has 2 fully saturated rings. The molecule has 0 aromatic carbocycles. The lowest BCUT2D eigenvalue weighted by molar-refractivity contribution is 0.343. The molecule has 0 unspecified atom stereocenters. The minimum atomic E-state index is 0.599. The van der Waals surface area contributed by atoms with E-state index in [1.165, 1.54) is 38.8 Å². The summed E-state index contributed by atoms with van der Waals surface area (Å²) in [6.45, 7) is 3.60. The Labute approximate surface area is 106 Å². The van der Waals surface area contributed by atoms with Crippen LogP contribution in [0.5, 0.6) is 0 Å². The third-order valence-corrected chi connectivity index (χ3v) is 4.64. The summed E-state index contributed by atoms with van der Waals surface area (Å²) in [4.78, 5) is 8.04. The van der Waals surface area contributed by atoms with E-state index in [0.29, 0.717) is 5.92 Å². The van der Waals surface area contributed by atoms with Crippen molar-refractivity contribution in [2.24, 2.45) is 0 Å². The highest BCUT2D eigenvalue weighted by Crippen LogP contribution is 2.42. The molecule has 1 aliphatic heterocycles. The number of nitriles is 1. The van der Waals surface area contributed by atoms with Crippen molar-refractivity contribution in [2.75, 3.05) is 19.6 Å². The maximum Gasteiger partial charge on any atom is 0.128 e. The second-order valence-corrected chi connectivity index (χ2v) is 6.09. The first kappa shape index (κ1) is 11.2. The average Bonchev–Trinajstić information content (AvgIpc) is 2.92. The molecule has 4 heteroatoms. The zero-order valence-electron chi connectivity index (χ0n) is 9.98. The van der Waals surface area contributed by atoms with E-state index in [1.54, 1.807) is 11.3 Å². The van der Waals surface area contributed by atoms with Crippen LogP contribution in [0, 0.1) is 11.3 Å². The van der Waals surface area contributed by atoms with Crippen LogP contribution in [0.2, 0.25) is 0 Å². The topological polar surface area (TPSA) is 39.9 Å². The lowest BCUT2D eigenvalue weighted by Crippen LogP contribution is -2.21. The SMILES string of the molecule is N#Cc1sc(CCN2CCCC2)nc1C1CC1. The fourth-order valence-corrected chi connectivity index (χ4v) is 3.39. The molecule has 1 aromatic rings. The summed E-state index contributed by atoms with van der Waals surface area (Å²) < 4.78 is 0. The number of thiazole rings is 1. The Balaban J connectivity index is 1.64. The quantitative estimate of drug-likeness (QED) is 0.821. The predicted octanol–water partition coefficient (Wildman–Crippen LogP) is 2.53. The van der Waals surface area contributed by atoms with E-state index in [4.69, 9.17) is 5.26 Å². The molecule has 0 N–H and O–H groups in total. The molecule has 3 nitrogen and oxygen atoms in total. The number of rotatable bonds is 4. The van der Waals surface area contributed by atoms with Gasteiger partial charge in [0.25, 0.3) is 0 Å². The Morgan fingerprint density at radius 2 is 2.12 bits per heavy atom. The van der Waals surface area contributed by atoms with E-state index < -0.39 is 0 Å². The second kappa shape index (κ2) is 4.75. The molecule has 0 bridgehead atoms. The Morgan fingerprint density at radius 1 is 1.35 bits per heavy atom. The first-order valence-electron chi connectivity index (χ1n) is 6.49. The summed E-state index contributed by atoms with van der Waals surface area (Å²) in [5.41, 5.74) is 1.09. The highest BCUT2D eigenvalue weighted by molar-refractivity contribution is 7.12. The molecule has 3 rings (SSSR count). The number of likely N-dealkylation sites (tertiary alicyclic amines) is 1. The van der Waals surface area contributed by atoms with Gasteiger partial charge in [-0.1, -0.05) is 0 Å². The van der Waals surface area contributed by atoms with E-state index in [2.05, 4.69) is 16.0 Å². The molecular weight excluding hydrogens is 230 g/mol. The van der Waals surface area contributed by atoms with Crippen LogP contribution in [-0.2, 0) is 6.42 Å². The summed E-state index contributed by atoms with van der Waals surface area (Å²) in [5.74, 6) is 0.599. The van der Waals surface area contributed by atoms with Crippen LogP contribution in [0.4, 0.5) is 0 Å². The molecule has 0 radical (unpaired) electrons. The molecule has 0 spiro atoms. The molecule has 0 amide bonds. The minimum absolute atomic E-state index is 0.599. The number of nitrogens with zero attached hydrogens (tertiary/aromatic N) is 3. The van der Waals surface area contributed by atoms with Gasteiger partial charge in [-0.3, -0.25) is 0 Å². The van der Waals surface area contributed by atoms with Crippen LogP contribution < -0.4 is 0 Å². The van der Waals surface area contributed by atoms with Crippen molar-refractivity contribution in [1.29, 1.82) is 5.26 Å². The number of hydrogen-bond donors (Lipinski definition) is 0. The number of hydrogen-bond acceptors (Lipinski definition) is 4. The maximum atomic E-state index is 9.10. The van der Waals surface area contributed by atoms with Gasteiger partial charge in [-0.05, 0) is 38.8 Å². The Bertz CT molecular complexity index is 436. The third kappa shape index (κ3) is 2.51. The van der Waals surface area contributed by atoms with Gasteiger partial charge in [-0.25, -0.2) is 4.98 Å². The number of aromatic nitrogens is 1. The van der Waals surface area contributed by atoms with E-state index in [-0.39, 0.29) is 0 Å². The fourth-order valence-electron chi connectivity index (χ4n) is 2.46. The zero-order chi connectivity index (χ0) is 11.7. The zero-order valence-corrected chi connectivity index (χ0v) is 10.8. The summed E-state index contributed by atoms with van der Waals surface area (Å²) in [6, 6.07) is 2.31. The third-order valence-electron chi connectivity index (χ3n) is 3.60. The highest BCUT2D eigenvalue weighted by Gasteiger charge is 2.29. The van der Waals surface area contributed by atoms with Crippen molar-refractivity contribution in [3.63, 3.8) is 0 Å². The van der Waals surface area contributed by atoms with Crippen LogP contribution in [0.1, 0.15) is 47.2 Å². The van der Waals surface area contributed by atoms with Gasteiger partial charge in [0.1, 0.15) is 10.9 Å². The highest BCUT2D eigenvalue weighted by atomic mass is 32.1. The lowest BCUT2D eigenvalue weighted by atomic mass is 10.2. The van der Waals surface area contributed by atoms with Crippen LogP contribution in [0.15, 0.2) is 0 Å². The van der Waals surface area contributed by atoms with Crippen LogP contribution >= 0.6 is 11.3 Å². The second-order valence-electron chi connectivity index (χ2n) is 5.01. The largest absolute Gasteiger partial charge is 0.303 e. The predicted molar refractivity (Wildman–Crippen MR) is 68.2 cm³/mol. The van der Waals surface area contributed by atoms with E-state index in [9.17, 15) is 0 Å². The standard InChI is InChI=1S/C13H17N3S/c14-9-11-13(10-3-4-10)15-12(17-11)5-8-16-6-1-2-7-16/h10H,1-8H2. The Hall–Kier alpha value is -0.920. The first-order chi connectivity index (χ1) is 8.36. The van der Waals surface area contributed by atoms with Crippen molar-refractivity contribution in [3.8, 4) is 6.07 Å². The van der Waals surface area contributed by atoms with Crippen molar-refractivity contribution in [2.45, 2.75) is 38.0 Å². The monoisotopic (exact) mass is 247 g/mol. The molecule has 2 aliphatic rings. The van der Waals surface area contributed by atoms with Crippen molar-refractivity contribution >= 4 is 11.3 Å². The summed E-state index contributed by atoms with van der Waals surface area (Å²) in [5, 5.41) is 10.3. The molecular formula is C13H17N3S. The van der Waals surface area contributed by atoms with Crippen LogP contribution in [0.25, 0.3) is 0 Å². The van der Waals surface area contributed by atoms with Crippen molar-refractivity contribution in [3.05, 3.63) is 15.6 Å². The fraction of sp³-hybridized carbons (Fsp3) is 0.692. The molecule has 1 saturated heterocycles. The summed E-state index contributed by atoms with van der Waals surface area (Å²) in [7, 11) is 0. The van der Waals surface area contributed by atoms with Gasteiger partial charge in [0.05, 0.1) is 10.7 Å². The van der Waals surface area contributed by atoms with Gasteiger partial charge in [-0.15, -0.1) is 11.3 Å². The van der Waals surface area contributed by atoms with Crippen LogP contribution in [-0.4, -0.2) is 29.5 Å². The van der Waals surface area contributed by atoms with Crippen LogP contribution in [0.3, 0.4) is 0 Å². The van der Waals surface area contributed by atoms with E-state index in [0.717, 1.165) is 28.5 Å². The minimum Gasteiger partial charge on any atom is -0.303 e. The van der Waals surface area contributed by atoms with Gasteiger partial charge in [-0.2, -0.15) is 5.26 Å². The van der Waals surface area contributed by atoms with Gasteiger partial charge in [0.2, 0.25) is 0 Å². The molecule has 1 aliphatic carbocycles. The maximum absolute atomic E-state index is 9.10. The Kier molecular flexibility index (Phi) is 3.13. The van der Waals surface area contributed by atoms with Crippen molar-refractivity contribution < 1.29 is 0 Å². The van der Waals surface area contributed by atoms with Gasteiger partial charge in [0, 0.05) is 18.9 Å².